The molecule has 158 valence electrons. The van der Waals surface area contributed by atoms with Crippen molar-refractivity contribution < 1.29 is 22.4 Å². The molecule has 10 heteroatoms. The Kier molecular flexibility index (Phi) is 5.22. The van der Waals surface area contributed by atoms with Gasteiger partial charge in [0.1, 0.15) is 5.75 Å². The summed E-state index contributed by atoms with van der Waals surface area (Å²) in [6.45, 7) is 0. The van der Waals surface area contributed by atoms with Crippen molar-refractivity contribution in [2.24, 2.45) is 0 Å². The number of carbonyl (C=O) groups is 1. The molecule has 31 heavy (non-hydrogen) atoms. The SMILES string of the molecule is COc1ccc(NC(=O)c2ccccc2NS(=O)(=O)c2ccc3[nH]c(=O)oc3c2)cc1. The van der Waals surface area contributed by atoms with E-state index in [4.69, 9.17) is 9.15 Å². The predicted molar refractivity (Wildman–Crippen MR) is 115 cm³/mol. The van der Waals surface area contributed by atoms with Crippen molar-refractivity contribution in [3.63, 3.8) is 0 Å². The van der Waals surface area contributed by atoms with E-state index in [-0.39, 0.29) is 21.7 Å². The lowest BCUT2D eigenvalue weighted by Crippen LogP contribution is -2.18. The fraction of sp³-hybridized carbons (Fsp3) is 0.0476. The quantitative estimate of drug-likeness (QED) is 0.423. The van der Waals surface area contributed by atoms with Crippen molar-refractivity contribution in [2.45, 2.75) is 4.90 Å². The Bertz CT molecular complexity index is 1420. The summed E-state index contributed by atoms with van der Waals surface area (Å²) in [5, 5.41) is 2.72. The number of anilines is 2. The molecule has 9 nitrogen and oxygen atoms in total. The van der Waals surface area contributed by atoms with Crippen LogP contribution in [-0.4, -0.2) is 26.4 Å². The maximum atomic E-state index is 12.9. The highest BCUT2D eigenvalue weighted by molar-refractivity contribution is 7.92. The summed E-state index contributed by atoms with van der Waals surface area (Å²) in [7, 11) is -2.52. The Hall–Kier alpha value is -4.05. The van der Waals surface area contributed by atoms with Gasteiger partial charge in [0.15, 0.2) is 5.58 Å². The van der Waals surface area contributed by atoms with Gasteiger partial charge in [0.25, 0.3) is 15.9 Å². The van der Waals surface area contributed by atoms with Crippen LogP contribution in [0.25, 0.3) is 11.1 Å². The zero-order chi connectivity index (χ0) is 22.0. The predicted octanol–water partition coefficient (Wildman–Crippen LogP) is 3.18. The van der Waals surface area contributed by atoms with Crippen LogP contribution in [0.5, 0.6) is 5.75 Å². The smallest absolute Gasteiger partial charge is 0.417 e. The molecule has 1 amide bonds. The lowest BCUT2D eigenvalue weighted by atomic mass is 10.1. The summed E-state index contributed by atoms with van der Waals surface area (Å²) in [6, 6.07) is 16.9. The number of para-hydroxylation sites is 1. The first-order valence-electron chi connectivity index (χ1n) is 9.06. The molecule has 1 aromatic heterocycles. The number of benzene rings is 3. The van der Waals surface area contributed by atoms with Gasteiger partial charge in [0, 0.05) is 11.8 Å². The number of sulfonamides is 1. The minimum Gasteiger partial charge on any atom is -0.497 e. The number of hydrogen-bond acceptors (Lipinski definition) is 6. The molecule has 0 fully saturated rings. The summed E-state index contributed by atoms with van der Waals surface area (Å²) < 4.78 is 38.2. The topological polar surface area (TPSA) is 130 Å². The summed E-state index contributed by atoms with van der Waals surface area (Å²) in [5.74, 6) is -0.532. The van der Waals surface area contributed by atoms with E-state index < -0.39 is 21.7 Å². The number of oxazole rings is 1. The normalized spacial score (nSPS) is 11.3. The number of aromatic nitrogens is 1. The Labute approximate surface area is 176 Å². The van der Waals surface area contributed by atoms with Crippen LogP contribution in [0.1, 0.15) is 10.4 Å². The summed E-state index contributed by atoms with van der Waals surface area (Å²) in [6.07, 6.45) is 0. The van der Waals surface area contributed by atoms with Gasteiger partial charge in [-0.05, 0) is 48.5 Å². The van der Waals surface area contributed by atoms with E-state index in [0.29, 0.717) is 17.0 Å². The fourth-order valence-corrected chi connectivity index (χ4v) is 4.03. The van der Waals surface area contributed by atoms with Crippen LogP contribution in [0.3, 0.4) is 0 Å². The number of aromatic amines is 1. The molecule has 4 aromatic rings. The van der Waals surface area contributed by atoms with Crippen molar-refractivity contribution in [1.29, 1.82) is 0 Å². The van der Waals surface area contributed by atoms with E-state index in [1.54, 1.807) is 36.4 Å². The minimum absolute atomic E-state index is 0.101. The van der Waals surface area contributed by atoms with E-state index in [9.17, 15) is 18.0 Å². The van der Waals surface area contributed by atoms with Gasteiger partial charge in [-0.1, -0.05) is 12.1 Å². The zero-order valence-electron chi connectivity index (χ0n) is 16.2. The fourth-order valence-electron chi connectivity index (χ4n) is 2.94. The number of H-pyrrole nitrogens is 1. The van der Waals surface area contributed by atoms with E-state index in [1.165, 1.54) is 37.4 Å². The Morgan fingerprint density at radius 1 is 1.03 bits per heavy atom. The number of methoxy groups -OCH3 is 1. The van der Waals surface area contributed by atoms with E-state index in [1.807, 2.05) is 0 Å². The number of nitrogens with one attached hydrogen (secondary N) is 3. The maximum absolute atomic E-state index is 12.9. The summed E-state index contributed by atoms with van der Waals surface area (Å²) >= 11 is 0. The second kappa shape index (κ2) is 8.00. The molecular weight excluding hydrogens is 422 g/mol. The molecule has 0 saturated carbocycles. The van der Waals surface area contributed by atoms with Crippen LogP contribution >= 0.6 is 0 Å². The number of rotatable bonds is 6. The number of hydrogen-bond donors (Lipinski definition) is 3. The largest absolute Gasteiger partial charge is 0.497 e. The Balaban J connectivity index is 1.60. The van der Waals surface area contributed by atoms with Gasteiger partial charge in [-0.25, -0.2) is 13.2 Å². The van der Waals surface area contributed by atoms with Crippen LogP contribution < -0.4 is 20.5 Å². The average molecular weight is 439 g/mol. The highest BCUT2D eigenvalue weighted by Crippen LogP contribution is 2.24. The first kappa shape index (κ1) is 20.2. The first-order valence-corrected chi connectivity index (χ1v) is 10.5. The Morgan fingerprint density at radius 2 is 1.77 bits per heavy atom. The van der Waals surface area contributed by atoms with Crippen LogP contribution in [0.4, 0.5) is 11.4 Å². The lowest BCUT2D eigenvalue weighted by Gasteiger charge is -2.13. The molecule has 0 saturated heterocycles. The summed E-state index contributed by atoms with van der Waals surface area (Å²) in [4.78, 5) is 26.4. The van der Waals surface area contributed by atoms with Gasteiger partial charge in [-0.2, -0.15) is 0 Å². The zero-order valence-corrected chi connectivity index (χ0v) is 17.0. The molecule has 0 aliphatic heterocycles. The van der Waals surface area contributed by atoms with Crippen LogP contribution in [0.2, 0.25) is 0 Å². The lowest BCUT2D eigenvalue weighted by molar-refractivity contribution is 0.102. The van der Waals surface area contributed by atoms with Crippen molar-refractivity contribution >= 4 is 38.4 Å². The van der Waals surface area contributed by atoms with Crippen molar-refractivity contribution in [3.8, 4) is 5.75 Å². The van der Waals surface area contributed by atoms with Gasteiger partial charge < -0.3 is 14.5 Å². The number of ether oxygens (including phenoxy) is 1. The summed E-state index contributed by atoms with van der Waals surface area (Å²) in [5.41, 5.74) is 1.25. The molecule has 0 radical (unpaired) electrons. The monoisotopic (exact) mass is 439 g/mol. The second-order valence-electron chi connectivity index (χ2n) is 6.51. The highest BCUT2D eigenvalue weighted by atomic mass is 32.2. The van der Waals surface area contributed by atoms with Gasteiger partial charge in [-0.15, -0.1) is 0 Å². The van der Waals surface area contributed by atoms with E-state index >= 15 is 0 Å². The van der Waals surface area contributed by atoms with Crippen molar-refractivity contribution in [3.05, 3.63) is 82.8 Å². The standard InChI is InChI=1S/C21H17N3O6S/c1-29-14-8-6-13(7-9-14)22-20(25)16-4-2-3-5-17(16)24-31(27,28)15-10-11-18-19(12-15)30-21(26)23-18/h2-12,24H,1H3,(H,22,25)(H,23,26). The average Bonchev–Trinajstić information content (AvgIpc) is 3.13. The molecule has 0 spiro atoms. The van der Waals surface area contributed by atoms with E-state index in [0.717, 1.165) is 0 Å². The molecule has 3 aromatic carbocycles. The van der Waals surface area contributed by atoms with Crippen molar-refractivity contribution in [1.82, 2.24) is 4.98 Å². The second-order valence-corrected chi connectivity index (χ2v) is 8.19. The highest BCUT2D eigenvalue weighted by Gasteiger charge is 2.20. The molecule has 0 aliphatic rings. The number of carbonyl (C=O) groups excluding carboxylic acids is 1. The molecule has 0 bridgehead atoms. The minimum atomic E-state index is -4.06. The molecule has 0 unspecified atom stereocenters. The van der Waals surface area contributed by atoms with Gasteiger partial charge in [0.05, 0.1) is 28.8 Å². The third-order valence-corrected chi connectivity index (χ3v) is 5.83. The third kappa shape index (κ3) is 4.28. The number of fused-ring (bicyclic) bond motifs is 1. The number of amides is 1. The Morgan fingerprint density at radius 3 is 2.52 bits per heavy atom. The molecule has 3 N–H and O–H groups in total. The maximum Gasteiger partial charge on any atom is 0.417 e. The van der Waals surface area contributed by atoms with Crippen LogP contribution in [0, 0.1) is 0 Å². The molecular formula is C21H17N3O6S. The van der Waals surface area contributed by atoms with Gasteiger partial charge in [0.2, 0.25) is 0 Å². The molecule has 0 aliphatic carbocycles. The van der Waals surface area contributed by atoms with Crippen LogP contribution in [-0.2, 0) is 10.0 Å². The molecule has 4 rings (SSSR count). The molecule has 1 heterocycles. The van der Waals surface area contributed by atoms with Crippen LogP contribution in [0.15, 0.2) is 80.8 Å². The van der Waals surface area contributed by atoms with Gasteiger partial charge in [-0.3, -0.25) is 14.5 Å². The van der Waals surface area contributed by atoms with Gasteiger partial charge >= 0.3 is 5.76 Å². The molecule has 0 atom stereocenters. The first-order chi connectivity index (χ1) is 14.9. The van der Waals surface area contributed by atoms with Crippen molar-refractivity contribution in [2.75, 3.05) is 17.1 Å². The van der Waals surface area contributed by atoms with E-state index in [2.05, 4.69) is 15.0 Å². The third-order valence-electron chi connectivity index (χ3n) is 4.47.